The number of benzene rings is 1. The highest BCUT2D eigenvalue weighted by Crippen LogP contribution is 2.19. The number of rotatable bonds is 8. The number of amides is 1. The van der Waals surface area contributed by atoms with Gasteiger partial charge in [-0.05, 0) is 45.4 Å². The van der Waals surface area contributed by atoms with E-state index in [-0.39, 0.29) is 11.7 Å². The maximum Gasteiger partial charge on any atom is 0.227 e. The number of guanidine groups is 1. The first-order valence-electron chi connectivity index (χ1n) is 8.85. The molecule has 2 N–H and O–H groups in total. The molecule has 0 spiro atoms. The molecule has 0 saturated carbocycles. The zero-order valence-electron chi connectivity index (χ0n) is 16.6. The lowest BCUT2D eigenvalue weighted by Crippen LogP contribution is -2.42. The average molecular weight is 366 g/mol. The molecule has 0 aliphatic heterocycles. The van der Waals surface area contributed by atoms with Crippen molar-refractivity contribution in [2.24, 2.45) is 10.4 Å². The summed E-state index contributed by atoms with van der Waals surface area (Å²) in [6.45, 7) is 9.72. The van der Waals surface area contributed by atoms with Gasteiger partial charge in [-0.1, -0.05) is 6.07 Å². The Morgan fingerprint density at radius 1 is 1.27 bits per heavy atom. The van der Waals surface area contributed by atoms with Gasteiger partial charge >= 0.3 is 0 Å². The molecule has 0 aliphatic carbocycles. The summed E-state index contributed by atoms with van der Waals surface area (Å²) in [5, 5.41) is 6.04. The van der Waals surface area contributed by atoms with Crippen LogP contribution < -0.4 is 15.4 Å². The molecule has 0 saturated heterocycles. The van der Waals surface area contributed by atoms with Crippen LogP contribution in [0.4, 0.5) is 4.39 Å². The normalized spacial score (nSPS) is 11.9. The number of hydrogen-bond acceptors (Lipinski definition) is 3. The van der Waals surface area contributed by atoms with Crippen molar-refractivity contribution in [3.8, 4) is 5.75 Å². The van der Waals surface area contributed by atoms with Crippen LogP contribution in [0.25, 0.3) is 0 Å². The van der Waals surface area contributed by atoms with E-state index in [9.17, 15) is 9.18 Å². The maximum absolute atomic E-state index is 13.9. The van der Waals surface area contributed by atoms with Crippen molar-refractivity contribution in [1.82, 2.24) is 15.5 Å². The minimum absolute atomic E-state index is 0.0283. The second-order valence-corrected chi connectivity index (χ2v) is 6.74. The van der Waals surface area contributed by atoms with Crippen LogP contribution in [0.15, 0.2) is 23.2 Å². The summed E-state index contributed by atoms with van der Waals surface area (Å²) in [6, 6.07) is 4.89. The molecule has 7 heteroatoms. The van der Waals surface area contributed by atoms with Crippen molar-refractivity contribution in [2.45, 2.75) is 34.2 Å². The highest BCUT2D eigenvalue weighted by molar-refractivity contribution is 5.83. The fraction of sp³-hybridized carbons (Fsp3) is 0.579. The number of carbonyl (C=O) groups excluding carboxylic acids is 1. The Hall–Kier alpha value is -2.31. The minimum Gasteiger partial charge on any atom is -0.494 e. The molecule has 1 aromatic rings. The highest BCUT2D eigenvalue weighted by atomic mass is 19.1. The summed E-state index contributed by atoms with van der Waals surface area (Å²) in [6.07, 6.45) is 0. The lowest BCUT2D eigenvalue weighted by atomic mass is 9.92. The van der Waals surface area contributed by atoms with Gasteiger partial charge in [0.25, 0.3) is 0 Å². The molecule has 1 aromatic carbocycles. The highest BCUT2D eigenvalue weighted by Gasteiger charge is 2.27. The molecular formula is C19H31FN4O2. The third-order valence-corrected chi connectivity index (χ3v) is 3.91. The van der Waals surface area contributed by atoms with E-state index in [4.69, 9.17) is 4.74 Å². The maximum atomic E-state index is 13.9. The molecular weight excluding hydrogens is 335 g/mol. The SMILES string of the molecule is CCNC(=O)C(C)(C)CN=C(NCC)N(C)Cc1ccc(OC)c(F)c1. The predicted molar refractivity (Wildman–Crippen MR) is 103 cm³/mol. The van der Waals surface area contributed by atoms with Crippen molar-refractivity contribution < 1.29 is 13.9 Å². The zero-order chi connectivity index (χ0) is 19.7. The number of nitrogens with zero attached hydrogens (tertiary/aromatic N) is 2. The Bertz CT molecular complexity index is 632. The van der Waals surface area contributed by atoms with Crippen molar-refractivity contribution in [1.29, 1.82) is 0 Å². The molecule has 0 aliphatic rings. The summed E-state index contributed by atoms with van der Waals surface area (Å²) in [5.74, 6) is 0.471. The van der Waals surface area contributed by atoms with Gasteiger partial charge in [0.05, 0.1) is 19.1 Å². The van der Waals surface area contributed by atoms with E-state index in [0.717, 1.165) is 5.56 Å². The van der Waals surface area contributed by atoms with E-state index in [1.807, 2.05) is 45.7 Å². The lowest BCUT2D eigenvalue weighted by Gasteiger charge is -2.25. The molecule has 0 unspecified atom stereocenters. The number of carbonyl (C=O) groups is 1. The number of ether oxygens (including phenoxy) is 1. The standard InChI is InChI=1S/C19H31FN4O2/c1-7-21-17(25)19(3,4)13-23-18(22-8-2)24(5)12-14-9-10-16(26-6)15(20)11-14/h9-11H,7-8,12-13H2,1-6H3,(H,21,25)(H,22,23). The number of halogens is 1. The largest absolute Gasteiger partial charge is 0.494 e. The number of aliphatic imine (C=N–C) groups is 1. The van der Waals surface area contributed by atoms with Crippen LogP contribution in [0.5, 0.6) is 5.75 Å². The van der Waals surface area contributed by atoms with Crippen LogP contribution >= 0.6 is 0 Å². The van der Waals surface area contributed by atoms with Crippen LogP contribution in [0.2, 0.25) is 0 Å². The molecule has 6 nitrogen and oxygen atoms in total. The topological polar surface area (TPSA) is 66.0 Å². The average Bonchev–Trinajstić information content (AvgIpc) is 2.58. The van der Waals surface area contributed by atoms with Gasteiger partial charge in [-0.3, -0.25) is 9.79 Å². The number of methoxy groups -OCH3 is 1. The molecule has 1 amide bonds. The van der Waals surface area contributed by atoms with Crippen LogP contribution in [-0.2, 0) is 11.3 Å². The zero-order valence-corrected chi connectivity index (χ0v) is 16.6. The van der Waals surface area contributed by atoms with Gasteiger partial charge in [0.1, 0.15) is 0 Å². The quantitative estimate of drug-likeness (QED) is 0.548. The molecule has 0 atom stereocenters. The van der Waals surface area contributed by atoms with Gasteiger partial charge in [0.2, 0.25) is 5.91 Å². The van der Waals surface area contributed by atoms with Crippen LogP contribution in [0.1, 0.15) is 33.3 Å². The second kappa shape index (κ2) is 9.99. The lowest BCUT2D eigenvalue weighted by molar-refractivity contribution is -0.128. The summed E-state index contributed by atoms with van der Waals surface area (Å²) < 4.78 is 18.8. The first-order valence-corrected chi connectivity index (χ1v) is 8.85. The molecule has 146 valence electrons. The smallest absolute Gasteiger partial charge is 0.227 e. The van der Waals surface area contributed by atoms with E-state index in [0.29, 0.717) is 32.1 Å². The van der Waals surface area contributed by atoms with Gasteiger partial charge in [0.15, 0.2) is 17.5 Å². The Balaban J connectivity index is 2.87. The molecule has 26 heavy (non-hydrogen) atoms. The molecule has 0 aromatic heterocycles. The predicted octanol–water partition coefficient (Wildman–Crippen LogP) is 2.39. The first-order chi connectivity index (χ1) is 12.2. The molecule has 0 radical (unpaired) electrons. The van der Waals surface area contributed by atoms with Crippen molar-refractivity contribution >= 4 is 11.9 Å². The monoisotopic (exact) mass is 366 g/mol. The Morgan fingerprint density at radius 2 is 1.92 bits per heavy atom. The summed E-state index contributed by atoms with van der Waals surface area (Å²) >= 11 is 0. The second-order valence-electron chi connectivity index (χ2n) is 6.74. The fourth-order valence-electron chi connectivity index (χ4n) is 2.37. The summed E-state index contributed by atoms with van der Waals surface area (Å²) in [4.78, 5) is 18.6. The van der Waals surface area contributed by atoms with Crippen LogP contribution in [-0.4, -0.2) is 50.6 Å². The van der Waals surface area contributed by atoms with Crippen molar-refractivity contribution in [3.05, 3.63) is 29.6 Å². The fourth-order valence-corrected chi connectivity index (χ4v) is 2.37. The Kier molecular flexibility index (Phi) is 8.35. The van der Waals surface area contributed by atoms with E-state index in [1.54, 1.807) is 6.07 Å². The van der Waals surface area contributed by atoms with E-state index in [2.05, 4.69) is 15.6 Å². The third-order valence-electron chi connectivity index (χ3n) is 3.91. The van der Waals surface area contributed by atoms with Gasteiger partial charge in [0, 0.05) is 26.7 Å². The van der Waals surface area contributed by atoms with Crippen LogP contribution in [0, 0.1) is 11.2 Å². The molecule has 0 fully saturated rings. The minimum atomic E-state index is -0.607. The first kappa shape index (κ1) is 21.7. The van der Waals surface area contributed by atoms with E-state index >= 15 is 0 Å². The van der Waals surface area contributed by atoms with Crippen molar-refractivity contribution in [3.63, 3.8) is 0 Å². The van der Waals surface area contributed by atoms with Crippen molar-refractivity contribution in [2.75, 3.05) is 33.8 Å². The molecule has 0 bridgehead atoms. The molecule has 0 heterocycles. The number of nitrogens with one attached hydrogen (secondary N) is 2. The van der Waals surface area contributed by atoms with Gasteiger partial charge < -0.3 is 20.3 Å². The Morgan fingerprint density at radius 3 is 2.46 bits per heavy atom. The summed E-state index contributed by atoms with van der Waals surface area (Å²) in [5.41, 5.74) is 0.198. The summed E-state index contributed by atoms with van der Waals surface area (Å²) in [7, 11) is 3.32. The van der Waals surface area contributed by atoms with Gasteiger partial charge in [-0.25, -0.2) is 4.39 Å². The van der Waals surface area contributed by atoms with E-state index in [1.165, 1.54) is 13.2 Å². The van der Waals surface area contributed by atoms with Gasteiger partial charge in [-0.15, -0.1) is 0 Å². The van der Waals surface area contributed by atoms with E-state index < -0.39 is 11.2 Å². The van der Waals surface area contributed by atoms with Crippen LogP contribution in [0.3, 0.4) is 0 Å². The third kappa shape index (κ3) is 6.20. The van der Waals surface area contributed by atoms with Gasteiger partial charge in [-0.2, -0.15) is 0 Å². The molecule has 1 rings (SSSR count). The number of hydrogen-bond donors (Lipinski definition) is 2. The Labute approximate surface area is 155 Å².